The van der Waals surface area contributed by atoms with Crippen LogP contribution in [0.2, 0.25) is 0 Å². The lowest BCUT2D eigenvalue weighted by Gasteiger charge is -2.50. The fourth-order valence-electron chi connectivity index (χ4n) is 8.67. The summed E-state index contributed by atoms with van der Waals surface area (Å²) in [6.07, 6.45) is 3.54. The highest BCUT2D eigenvalue weighted by atomic mass is 79.9. The normalized spacial score (nSPS) is 32.7. The van der Waals surface area contributed by atoms with Crippen LogP contribution in [0.3, 0.4) is 0 Å². The second-order valence-electron chi connectivity index (χ2n) is 13.2. The Hall–Kier alpha value is -2.92. The summed E-state index contributed by atoms with van der Waals surface area (Å²) in [7, 11) is 0. The van der Waals surface area contributed by atoms with Gasteiger partial charge in [0.15, 0.2) is 21.2 Å². The number of allylic oxidation sites excluding steroid dienone is 2. The summed E-state index contributed by atoms with van der Waals surface area (Å²) >= 11 is 17.9. The standard InChI is InChI=1S/C35H36BrCl2N3O6/c1-2-47-27-16-21(8-11-26(27)42)29-23-9-10-24-28(25(23)17-34(37)32(45)40(19-36)33(46)35(29,34)38)31(44)41(30(24)43)22-12-14-39(15-13-22)18-20-6-4-3-5-7-20/h3-9,11,16,22,24-25,28-29,42H,2,10,12-15,17-19H2,1H3/t24-,25+,28-,29-,34+,35-/m0/s1. The number of rotatable bonds is 7. The first-order valence-electron chi connectivity index (χ1n) is 16.1. The molecule has 0 spiro atoms. The number of ether oxygens (including phenoxy) is 1. The van der Waals surface area contributed by atoms with Crippen LogP contribution in [-0.4, -0.2) is 84.4 Å². The van der Waals surface area contributed by atoms with Crippen molar-refractivity contribution in [3.63, 3.8) is 0 Å². The summed E-state index contributed by atoms with van der Waals surface area (Å²) in [5, 5.41) is 10.5. The Morgan fingerprint density at radius 2 is 1.70 bits per heavy atom. The van der Waals surface area contributed by atoms with Gasteiger partial charge >= 0.3 is 0 Å². The van der Waals surface area contributed by atoms with E-state index >= 15 is 0 Å². The van der Waals surface area contributed by atoms with Gasteiger partial charge in [-0.2, -0.15) is 0 Å². The second-order valence-corrected chi connectivity index (χ2v) is 14.9. The van der Waals surface area contributed by atoms with E-state index in [4.69, 9.17) is 27.9 Å². The molecule has 4 amide bonds. The third-order valence-electron chi connectivity index (χ3n) is 10.8. The number of carbonyl (C=O) groups excluding carboxylic acids is 4. The van der Waals surface area contributed by atoms with Crippen molar-refractivity contribution in [3.05, 3.63) is 71.3 Å². The van der Waals surface area contributed by atoms with Crippen molar-refractivity contribution >= 4 is 62.8 Å². The molecule has 2 aliphatic carbocycles. The molecule has 3 heterocycles. The van der Waals surface area contributed by atoms with Crippen LogP contribution in [0.1, 0.15) is 49.7 Å². The molecular weight excluding hydrogens is 709 g/mol. The van der Waals surface area contributed by atoms with Gasteiger partial charge in [-0.15, -0.1) is 23.2 Å². The number of alkyl halides is 3. The van der Waals surface area contributed by atoms with Gasteiger partial charge < -0.3 is 9.84 Å². The molecule has 6 atom stereocenters. The van der Waals surface area contributed by atoms with Gasteiger partial charge in [-0.1, -0.05) is 64.0 Å². The number of aromatic hydroxyl groups is 1. The molecule has 47 heavy (non-hydrogen) atoms. The van der Waals surface area contributed by atoms with Gasteiger partial charge in [-0.25, -0.2) is 0 Å². The fraction of sp³-hybridized carbons (Fsp3) is 0.486. The molecule has 0 aromatic heterocycles. The summed E-state index contributed by atoms with van der Waals surface area (Å²) < 4.78 is 5.66. The van der Waals surface area contributed by atoms with Crippen molar-refractivity contribution in [1.29, 1.82) is 0 Å². The molecule has 5 aliphatic rings. The van der Waals surface area contributed by atoms with E-state index in [1.165, 1.54) is 16.5 Å². The van der Waals surface area contributed by atoms with Crippen LogP contribution in [-0.2, 0) is 25.7 Å². The third-order valence-corrected chi connectivity index (χ3v) is 12.8. The molecule has 248 valence electrons. The van der Waals surface area contributed by atoms with Gasteiger partial charge in [-0.05, 0) is 61.8 Å². The molecule has 2 aromatic carbocycles. The largest absolute Gasteiger partial charge is 0.504 e. The van der Waals surface area contributed by atoms with Crippen molar-refractivity contribution in [3.8, 4) is 11.5 Å². The number of fused-ring (bicyclic) bond motifs is 4. The minimum Gasteiger partial charge on any atom is -0.504 e. The number of carbonyl (C=O) groups is 4. The first-order valence-corrected chi connectivity index (χ1v) is 18.0. The highest BCUT2D eigenvalue weighted by molar-refractivity contribution is 9.09. The summed E-state index contributed by atoms with van der Waals surface area (Å²) in [4.78, 5) is 57.4. The predicted molar refractivity (Wildman–Crippen MR) is 179 cm³/mol. The molecule has 7 rings (SSSR count). The molecule has 0 bridgehead atoms. The van der Waals surface area contributed by atoms with Crippen LogP contribution in [0.15, 0.2) is 60.2 Å². The summed E-state index contributed by atoms with van der Waals surface area (Å²) in [5.74, 6) is -4.40. The van der Waals surface area contributed by atoms with Crippen molar-refractivity contribution in [2.75, 3.05) is 25.2 Å². The fourth-order valence-corrected chi connectivity index (χ4v) is 10.1. The highest BCUT2D eigenvalue weighted by Gasteiger charge is 2.76. The number of halogens is 3. The lowest BCUT2D eigenvalue weighted by Crippen LogP contribution is -2.60. The molecule has 1 saturated carbocycles. The second kappa shape index (κ2) is 12.2. The number of hydrogen-bond acceptors (Lipinski definition) is 7. The lowest BCUT2D eigenvalue weighted by atomic mass is 9.56. The Morgan fingerprint density at radius 1 is 0.979 bits per heavy atom. The van der Waals surface area contributed by atoms with Gasteiger partial charge in [-0.3, -0.25) is 33.9 Å². The molecule has 3 saturated heterocycles. The first kappa shape index (κ1) is 32.6. The van der Waals surface area contributed by atoms with Crippen LogP contribution < -0.4 is 4.74 Å². The van der Waals surface area contributed by atoms with Crippen molar-refractivity contribution in [2.45, 2.75) is 60.9 Å². The zero-order valence-corrected chi connectivity index (χ0v) is 29.0. The average molecular weight is 745 g/mol. The summed E-state index contributed by atoms with van der Waals surface area (Å²) in [5.41, 5.74) is 2.37. The maximum Gasteiger partial charge on any atom is 0.254 e. The minimum absolute atomic E-state index is 0.0611. The van der Waals surface area contributed by atoms with E-state index in [2.05, 4.69) is 33.0 Å². The van der Waals surface area contributed by atoms with E-state index in [0.29, 0.717) is 30.4 Å². The Kier molecular flexibility index (Phi) is 8.47. The van der Waals surface area contributed by atoms with Crippen LogP contribution >= 0.6 is 39.1 Å². The van der Waals surface area contributed by atoms with Gasteiger partial charge in [0.1, 0.15) is 0 Å². The number of imide groups is 2. The number of likely N-dealkylation sites (tertiary alicyclic amines) is 3. The molecule has 9 nitrogen and oxygen atoms in total. The van der Waals surface area contributed by atoms with Gasteiger partial charge in [0, 0.05) is 31.6 Å². The van der Waals surface area contributed by atoms with E-state index in [1.807, 2.05) is 24.3 Å². The number of amides is 4. The molecule has 4 fully saturated rings. The molecule has 0 unspecified atom stereocenters. The Morgan fingerprint density at radius 3 is 2.38 bits per heavy atom. The Labute approximate surface area is 291 Å². The van der Waals surface area contributed by atoms with Gasteiger partial charge in [0.25, 0.3) is 11.8 Å². The highest BCUT2D eigenvalue weighted by Crippen LogP contribution is 2.65. The van der Waals surface area contributed by atoms with Crippen molar-refractivity contribution < 1.29 is 29.0 Å². The number of phenolic OH excluding ortho intramolecular Hbond substituents is 1. The lowest BCUT2D eigenvalue weighted by molar-refractivity contribution is -0.144. The van der Waals surface area contributed by atoms with Crippen molar-refractivity contribution in [1.82, 2.24) is 14.7 Å². The number of hydrogen-bond donors (Lipinski definition) is 1. The zero-order valence-electron chi connectivity index (χ0n) is 25.9. The Bertz CT molecular complexity index is 1670. The molecule has 3 aliphatic heterocycles. The molecule has 2 aromatic rings. The third kappa shape index (κ3) is 4.88. The molecule has 1 N–H and O–H groups in total. The van der Waals surface area contributed by atoms with Crippen LogP contribution in [0.5, 0.6) is 11.5 Å². The Balaban J connectivity index is 1.22. The van der Waals surface area contributed by atoms with Crippen LogP contribution in [0.4, 0.5) is 0 Å². The quantitative estimate of drug-likeness (QED) is 0.181. The maximum absolute atomic E-state index is 14.4. The average Bonchev–Trinajstić information content (AvgIpc) is 3.40. The van der Waals surface area contributed by atoms with Crippen LogP contribution in [0, 0.1) is 17.8 Å². The minimum atomic E-state index is -1.91. The van der Waals surface area contributed by atoms with Crippen molar-refractivity contribution in [2.24, 2.45) is 17.8 Å². The topological polar surface area (TPSA) is 107 Å². The molecular formula is C35H36BrCl2N3O6. The van der Waals surface area contributed by atoms with E-state index < -0.39 is 45.2 Å². The molecule has 0 radical (unpaired) electrons. The predicted octanol–water partition coefficient (Wildman–Crippen LogP) is 5.17. The SMILES string of the molecule is CCOc1cc([C@H]2C3=CC[C@@H]4C(=O)N(C5CCN(Cc6ccccc6)CC5)C(=O)[C@@H]4[C@@H]3C[C@@]3(Cl)C(=O)N(CBr)C(=O)[C@@]23Cl)ccc1O. The number of nitrogens with zero attached hydrogens (tertiary/aromatic N) is 3. The maximum atomic E-state index is 14.4. The van der Waals surface area contributed by atoms with E-state index in [0.717, 1.165) is 24.5 Å². The smallest absolute Gasteiger partial charge is 0.254 e. The molecule has 12 heteroatoms. The zero-order chi connectivity index (χ0) is 33.2. The monoisotopic (exact) mass is 743 g/mol. The summed E-state index contributed by atoms with van der Waals surface area (Å²) in [6.45, 7) is 4.42. The van der Waals surface area contributed by atoms with Gasteiger partial charge in [0.2, 0.25) is 11.8 Å². The number of piperidine rings is 1. The van der Waals surface area contributed by atoms with E-state index in [9.17, 15) is 24.3 Å². The van der Waals surface area contributed by atoms with E-state index in [1.54, 1.807) is 19.1 Å². The first-order chi connectivity index (χ1) is 22.5. The number of benzene rings is 2. The van der Waals surface area contributed by atoms with Crippen LogP contribution in [0.25, 0.3) is 0 Å². The van der Waals surface area contributed by atoms with Gasteiger partial charge in [0.05, 0.1) is 23.9 Å². The summed E-state index contributed by atoms with van der Waals surface area (Å²) in [6, 6.07) is 14.8. The van der Waals surface area contributed by atoms with E-state index in [-0.39, 0.29) is 47.8 Å². The number of phenols is 1.